The van der Waals surface area contributed by atoms with Crippen LogP contribution in [0.3, 0.4) is 0 Å². The van der Waals surface area contributed by atoms with Gasteiger partial charge in [-0.1, -0.05) is 0 Å². The number of rotatable bonds is 2. The third-order valence-electron chi connectivity index (χ3n) is 2.50. The summed E-state index contributed by atoms with van der Waals surface area (Å²) in [7, 11) is 0. The molecule has 2 aromatic carbocycles. The molecular formula is C13H10F4N2. The normalized spacial score (nSPS) is 11.4. The van der Waals surface area contributed by atoms with Gasteiger partial charge in [-0.05, 0) is 42.5 Å². The van der Waals surface area contributed by atoms with Crippen LogP contribution >= 0.6 is 0 Å². The first kappa shape index (κ1) is 13.2. The summed E-state index contributed by atoms with van der Waals surface area (Å²) in [4.78, 5) is 0. The van der Waals surface area contributed by atoms with Gasteiger partial charge in [0, 0.05) is 5.69 Å². The molecule has 0 aliphatic carbocycles. The molecule has 0 aliphatic heterocycles. The Labute approximate surface area is 106 Å². The van der Waals surface area contributed by atoms with Gasteiger partial charge >= 0.3 is 6.18 Å². The van der Waals surface area contributed by atoms with Gasteiger partial charge in [0.15, 0.2) is 0 Å². The molecule has 2 nitrogen and oxygen atoms in total. The predicted molar refractivity (Wildman–Crippen MR) is 65.5 cm³/mol. The summed E-state index contributed by atoms with van der Waals surface area (Å²) in [6, 6.07) is 8.43. The monoisotopic (exact) mass is 270 g/mol. The van der Waals surface area contributed by atoms with Crippen molar-refractivity contribution in [3.8, 4) is 0 Å². The lowest BCUT2D eigenvalue weighted by atomic mass is 10.1. The van der Waals surface area contributed by atoms with E-state index < -0.39 is 17.6 Å². The average molecular weight is 270 g/mol. The molecule has 0 heterocycles. The first-order valence-corrected chi connectivity index (χ1v) is 5.35. The average Bonchev–Trinajstić information content (AvgIpc) is 2.33. The quantitative estimate of drug-likeness (QED) is 0.635. The molecule has 0 saturated carbocycles. The van der Waals surface area contributed by atoms with Gasteiger partial charge in [0.05, 0.1) is 16.9 Å². The highest BCUT2D eigenvalue weighted by molar-refractivity contribution is 5.73. The molecule has 6 heteroatoms. The summed E-state index contributed by atoms with van der Waals surface area (Å²) in [5, 5.41) is 2.82. The Hall–Kier alpha value is -2.24. The van der Waals surface area contributed by atoms with Gasteiger partial charge in [-0.3, -0.25) is 0 Å². The highest BCUT2D eigenvalue weighted by atomic mass is 19.4. The Morgan fingerprint density at radius 1 is 0.947 bits per heavy atom. The van der Waals surface area contributed by atoms with E-state index in [-0.39, 0.29) is 5.69 Å². The molecule has 19 heavy (non-hydrogen) atoms. The minimum atomic E-state index is -4.43. The Kier molecular flexibility index (Phi) is 3.33. The zero-order chi connectivity index (χ0) is 14.0. The Bertz CT molecular complexity index is 576. The van der Waals surface area contributed by atoms with E-state index in [9.17, 15) is 17.6 Å². The van der Waals surface area contributed by atoms with Gasteiger partial charge in [0.25, 0.3) is 0 Å². The van der Waals surface area contributed by atoms with Crippen LogP contribution in [0.4, 0.5) is 34.6 Å². The SMILES string of the molecule is Nc1cc(C(F)(F)F)ccc1Nc1ccc(F)cc1. The fourth-order valence-electron chi connectivity index (χ4n) is 1.54. The minimum absolute atomic E-state index is 0.0286. The highest BCUT2D eigenvalue weighted by Gasteiger charge is 2.30. The second kappa shape index (κ2) is 4.79. The second-order valence-corrected chi connectivity index (χ2v) is 3.93. The molecule has 0 unspecified atom stereocenters. The molecule has 0 spiro atoms. The molecule has 0 saturated heterocycles. The van der Waals surface area contributed by atoms with Crippen molar-refractivity contribution < 1.29 is 17.6 Å². The van der Waals surface area contributed by atoms with Crippen molar-refractivity contribution in [3.05, 3.63) is 53.8 Å². The largest absolute Gasteiger partial charge is 0.416 e. The van der Waals surface area contributed by atoms with Crippen molar-refractivity contribution in [2.45, 2.75) is 6.18 Å². The summed E-state index contributed by atoms with van der Waals surface area (Å²) < 4.78 is 50.1. The van der Waals surface area contributed by atoms with Crippen molar-refractivity contribution >= 4 is 17.1 Å². The molecular weight excluding hydrogens is 260 g/mol. The molecule has 0 amide bonds. The van der Waals surface area contributed by atoms with E-state index in [2.05, 4.69) is 5.32 Å². The summed E-state index contributed by atoms with van der Waals surface area (Å²) in [5.74, 6) is -0.397. The van der Waals surface area contributed by atoms with Gasteiger partial charge in [-0.25, -0.2) is 4.39 Å². The fraction of sp³-hybridized carbons (Fsp3) is 0.0769. The lowest BCUT2D eigenvalue weighted by Gasteiger charge is -2.12. The van der Waals surface area contributed by atoms with E-state index in [1.807, 2.05) is 0 Å². The maximum absolute atomic E-state index is 12.7. The van der Waals surface area contributed by atoms with Crippen molar-refractivity contribution in [1.82, 2.24) is 0 Å². The number of nitrogens with one attached hydrogen (secondary N) is 1. The smallest absolute Gasteiger partial charge is 0.397 e. The van der Waals surface area contributed by atoms with Crippen LogP contribution in [0.25, 0.3) is 0 Å². The fourth-order valence-corrected chi connectivity index (χ4v) is 1.54. The van der Waals surface area contributed by atoms with Crippen LogP contribution < -0.4 is 11.1 Å². The van der Waals surface area contributed by atoms with Gasteiger partial charge in [0.1, 0.15) is 5.82 Å². The molecule has 0 aliphatic rings. The third-order valence-corrected chi connectivity index (χ3v) is 2.50. The maximum atomic E-state index is 12.7. The van der Waals surface area contributed by atoms with Crippen LogP contribution in [0, 0.1) is 5.82 Å². The number of halogens is 4. The number of hydrogen-bond donors (Lipinski definition) is 2. The number of nitrogen functional groups attached to an aromatic ring is 1. The van der Waals surface area contributed by atoms with E-state index in [0.29, 0.717) is 11.4 Å². The zero-order valence-electron chi connectivity index (χ0n) is 9.63. The number of hydrogen-bond acceptors (Lipinski definition) is 2. The van der Waals surface area contributed by atoms with Crippen LogP contribution in [0.2, 0.25) is 0 Å². The van der Waals surface area contributed by atoms with E-state index in [0.717, 1.165) is 12.1 Å². The van der Waals surface area contributed by atoms with Gasteiger partial charge < -0.3 is 11.1 Å². The second-order valence-electron chi connectivity index (χ2n) is 3.93. The molecule has 2 rings (SSSR count). The third kappa shape index (κ3) is 3.15. The van der Waals surface area contributed by atoms with Crippen molar-refractivity contribution in [2.24, 2.45) is 0 Å². The molecule has 0 aromatic heterocycles. The van der Waals surface area contributed by atoms with Gasteiger partial charge in [0.2, 0.25) is 0 Å². The van der Waals surface area contributed by atoms with E-state index in [1.54, 1.807) is 0 Å². The van der Waals surface area contributed by atoms with Crippen LogP contribution in [0.5, 0.6) is 0 Å². The van der Waals surface area contributed by atoms with Gasteiger partial charge in [-0.2, -0.15) is 13.2 Å². The van der Waals surface area contributed by atoms with E-state index >= 15 is 0 Å². The molecule has 100 valence electrons. The molecule has 0 radical (unpaired) electrons. The van der Waals surface area contributed by atoms with Crippen LogP contribution in [0.15, 0.2) is 42.5 Å². The number of anilines is 3. The Morgan fingerprint density at radius 3 is 2.11 bits per heavy atom. The summed E-state index contributed by atoms with van der Waals surface area (Å²) in [6.07, 6.45) is -4.43. The lowest BCUT2D eigenvalue weighted by molar-refractivity contribution is -0.137. The standard InChI is InChI=1S/C13H10F4N2/c14-9-2-4-10(5-3-9)19-12-6-1-8(7-11(12)18)13(15,16)17/h1-7,19H,18H2. The first-order valence-electron chi connectivity index (χ1n) is 5.35. The summed E-state index contributed by atoms with van der Waals surface area (Å²) in [6.45, 7) is 0. The van der Waals surface area contributed by atoms with Crippen LogP contribution in [0.1, 0.15) is 5.56 Å². The molecule has 0 bridgehead atoms. The van der Waals surface area contributed by atoms with Crippen molar-refractivity contribution in [2.75, 3.05) is 11.1 Å². The molecule has 2 aromatic rings. The van der Waals surface area contributed by atoms with Gasteiger partial charge in [-0.15, -0.1) is 0 Å². The summed E-state index contributed by atoms with van der Waals surface area (Å²) in [5.41, 5.74) is 5.59. The maximum Gasteiger partial charge on any atom is 0.416 e. The topological polar surface area (TPSA) is 38.0 Å². The predicted octanol–water partition coefficient (Wildman–Crippen LogP) is 4.17. The Morgan fingerprint density at radius 2 is 1.58 bits per heavy atom. The zero-order valence-corrected chi connectivity index (χ0v) is 9.63. The molecule has 0 atom stereocenters. The van der Waals surface area contributed by atoms with Crippen molar-refractivity contribution in [1.29, 1.82) is 0 Å². The first-order chi connectivity index (χ1) is 8.86. The van der Waals surface area contributed by atoms with E-state index in [1.165, 1.54) is 30.3 Å². The number of nitrogens with two attached hydrogens (primary N) is 1. The van der Waals surface area contributed by atoms with Crippen LogP contribution in [-0.2, 0) is 6.18 Å². The highest BCUT2D eigenvalue weighted by Crippen LogP contribution is 2.33. The number of alkyl halides is 3. The number of benzene rings is 2. The summed E-state index contributed by atoms with van der Waals surface area (Å²) >= 11 is 0. The van der Waals surface area contributed by atoms with Crippen molar-refractivity contribution in [3.63, 3.8) is 0 Å². The molecule has 3 N–H and O–H groups in total. The minimum Gasteiger partial charge on any atom is -0.397 e. The lowest BCUT2D eigenvalue weighted by Crippen LogP contribution is -2.06. The molecule has 0 fully saturated rings. The van der Waals surface area contributed by atoms with E-state index in [4.69, 9.17) is 5.73 Å². The Balaban J connectivity index is 2.24. The van der Waals surface area contributed by atoms with Crippen LogP contribution in [-0.4, -0.2) is 0 Å².